The molecule has 0 atom stereocenters. The molecule has 0 aliphatic carbocycles. The minimum Gasteiger partial charge on any atom is -0.506 e. The van der Waals surface area contributed by atoms with Crippen molar-refractivity contribution >= 4 is 21.9 Å². The van der Waals surface area contributed by atoms with Gasteiger partial charge in [-0.05, 0) is 12.1 Å². The average Bonchev–Trinajstić information content (AvgIpc) is 2.61. The molecule has 0 amide bonds. The van der Waals surface area contributed by atoms with E-state index in [1.165, 1.54) is 17.8 Å². The summed E-state index contributed by atoms with van der Waals surface area (Å²) in [5.41, 5.74) is 0. The first-order chi connectivity index (χ1) is 5.50. The first kappa shape index (κ1) is 7.90. The minimum atomic E-state index is -4.28. The van der Waals surface area contributed by atoms with E-state index < -0.39 is 15.9 Å². The van der Waals surface area contributed by atoms with Gasteiger partial charge in [0.25, 0.3) is 10.1 Å². The van der Waals surface area contributed by atoms with Crippen LogP contribution in [-0.4, -0.2) is 18.1 Å². The van der Waals surface area contributed by atoms with Gasteiger partial charge in [0.1, 0.15) is 5.75 Å². The summed E-state index contributed by atoms with van der Waals surface area (Å²) in [6.45, 7) is 0. The van der Waals surface area contributed by atoms with Crippen molar-refractivity contribution in [2.24, 2.45) is 0 Å². The van der Waals surface area contributed by atoms with Crippen LogP contribution < -0.4 is 0 Å². The van der Waals surface area contributed by atoms with Gasteiger partial charge in [-0.1, -0.05) is 11.8 Å². The van der Waals surface area contributed by atoms with Crippen LogP contribution in [0.4, 0.5) is 0 Å². The molecule has 2 N–H and O–H groups in total. The first-order valence-electron chi connectivity index (χ1n) is 3.01. The van der Waals surface area contributed by atoms with Crippen molar-refractivity contribution in [1.82, 2.24) is 0 Å². The van der Waals surface area contributed by atoms with Gasteiger partial charge in [-0.25, -0.2) is 0 Å². The minimum absolute atomic E-state index is 0.370. The Morgan fingerprint density at radius 1 is 1.33 bits per heavy atom. The molecule has 1 aromatic rings. The van der Waals surface area contributed by atoms with Crippen LogP contribution in [-0.2, 0) is 10.1 Å². The van der Waals surface area contributed by atoms with Gasteiger partial charge in [0.05, 0.1) is 4.90 Å². The van der Waals surface area contributed by atoms with Crippen LogP contribution in [0.3, 0.4) is 0 Å². The molecule has 0 spiro atoms. The predicted molar refractivity (Wildman–Crippen MR) is 42.0 cm³/mol. The Kier molecular flexibility index (Phi) is 1.42. The topological polar surface area (TPSA) is 74.6 Å². The molecular formula is C6H4O4S2. The van der Waals surface area contributed by atoms with E-state index in [1.807, 2.05) is 0 Å². The maximum Gasteiger partial charge on any atom is 0.299 e. The molecule has 64 valence electrons. The summed E-state index contributed by atoms with van der Waals surface area (Å²) >= 11 is 1.23. The van der Waals surface area contributed by atoms with E-state index in [-0.39, 0.29) is 4.90 Å². The highest BCUT2D eigenvalue weighted by Gasteiger charge is 2.31. The fraction of sp³-hybridized carbons (Fsp3) is 0. The Morgan fingerprint density at radius 3 is 2.50 bits per heavy atom. The third-order valence-electron chi connectivity index (χ3n) is 1.48. The lowest BCUT2D eigenvalue weighted by molar-refractivity contribution is 0.438. The Hall–Kier alpha value is -0.720. The summed E-state index contributed by atoms with van der Waals surface area (Å²) in [7, 11) is -4.28. The maximum absolute atomic E-state index is 10.7. The van der Waals surface area contributed by atoms with Crippen molar-refractivity contribution in [3.63, 3.8) is 0 Å². The number of phenolic OH excluding ortho intramolecular Hbond substituents is 1. The number of hydrogen-bond acceptors (Lipinski definition) is 4. The van der Waals surface area contributed by atoms with Crippen LogP contribution in [0.25, 0.3) is 0 Å². The van der Waals surface area contributed by atoms with Crippen molar-refractivity contribution in [2.45, 2.75) is 14.7 Å². The van der Waals surface area contributed by atoms with Gasteiger partial charge in [0.2, 0.25) is 0 Å². The van der Waals surface area contributed by atoms with Gasteiger partial charge in [-0.3, -0.25) is 4.55 Å². The number of fused-ring (bicyclic) bond motifs is 1. The van der Waals surface area contributed by atoms with Gasteiger partial charge in [0, 0.05) is 4.90 Å². The molecule has 0 saturated carbocycles. The largest absolute Gasteiger partial charge is 0.506 e. The molecule has 1 aliphatic heterocycles. The van der Waals surface area contributed by atoms with Gasteiger partial charge in [0.15, 0.2) is 4.90 Å². The van der Waals surface area contributed by atoms with Crippen molar-refractivity contribution in [3.05, 3.63) is 12.1 Å². The van der Waals surface area contributed by atoms with Crippen molar-refractivity contribution < 1.29 is 18.1 Å². The SMILES string of the molecule is O=S(=O)(O)c1c(O)ccc2c1S2. The first-order valence-corrected chi connectivity index (χ1v) is 5.27. The lowest BCUT2D eigenvalue weighted by Crippen LogP contribution is -1.97. The second-order valence-electron chi connectivity index (χ2n) is 2.32. The number of hydrogen-bond donors (Lipinski definition) is 2. The van der Waals surface area contributed by atoms with E-state index in [4.69, 9.17) is 9.66 Å². The summed E-state index contributed by atoms with van der Waals surface area (Å²) < 4.78 is 30.1. The van der Waals surface area contributed by atoms with Gasteiger partial charge >= 0.3 is 0 Å². The smallest absolute Gasteiger partial charge is 0.299 e. The summed E-state index contributed by atoms with van der Waals surface area (Å²) in [4.78, 5) is 0.850. The fourth-order valence-electron chi connectivity index (χ4n) is 0.948. The van der Waals surface area contributed by atoms with Crippen molar-refractivity contribution in [1.29, 1.82) is 0 Å². The third-order valence-corrected chi connectivity index (χ3v) is 3.53. The normalized spacial score (nSPS) is 14.1. The molecule has 0 unspecified atom stereocenters. The fourth-order valence-corrected chi connectivity index (χ4v) is 2.80. The summed E-state index contributed by atoms with van der Waals surface area (Å²) in [5, 5.41) is 9.11. The Morgan fingerprint density at radius 2 is 2.00 bits per heavy atom. The van der Waals surface area contributed by atoms with Crippen molar-refractivity contribution in [2.75, 3.05) is 0 Å². The Labute approximate surface area is 73.0 Å². The Bertz CT molecular complexity index is 445. The summed E-state index contributed by atoms with van der Waals surface area (Å²) in [5.74, 6) is -0.402. The number of phenols is 1. The van der Waals surface area contributed by atoms with E-state index >= 15 is 0 Å². The van der Waals surface area contributed by atoms with E-state index in [9.17, 15) is 8.42 Å². The molecule has 0 saturated heterocycles. The molecule has 12 heavy (non-hydrogen) atoms. The molecule has 0 radical (unpaired) electrons. The van der Waals surface area contributed by atoms with Gasteiger partial charge < -0.3 is 5.11 Å². The standard InChI is InChI=1S/C6H4O4S2/c7-3-1-2-4-5(11-4)6(3)12(8,9)10/h1-2,7H,(H,8,9,10). The van der Waals surface area contributed by atoms with Gasteiger partial charge in [-0.2, -0.15) is 8.42 Å². The second-order valence-corrected chi connectivity index (χ2v) is 4.73. The maximum atomic E-state index is 10.7. The van der Waals surface area contributed by atoms with E-state index in [2.05, 4.69) is 0 Å². The molecule has 0 aromatic heterocycles. The predicted octanol–water partition coefficient (Wildman–Crippen LogP) is 1.10. The molecule has 6 heteroatoms. The molecule has 1 heterocycles. The Balaban J connectivity index is 2.76. The number of aromatic hydroxyl groups is 1. The van der Waals surface area contributed by atoms with Crippen LogP contribution in [0.2, 0.25) is 0 Å². The van der Waals surface area contributed by atoms with Crippen LogP contribution in [0, 0.1) is 0 Å². The van der Waals surface area contributed by atoms with E-state index in [0.29, 0.717) is 4.90 Å². The van der Waals surface area contributed by atoms with Crippen LogP contribution in [0.1, 0.15) is 0 Å². The highest BCUT2D eigenvalue weighted by atomic mass is 32.2. The zero-order valence-electron chi connectivity index (χ0n) is 5.68. The molecule has 4 nitrogen and oxygen atoms in total. The number of benzene rings is 1. The number of rotatable bonds is 1. The zero-order valence-corrected chi connectivity index (χ0v) is 7.32. The highest BCUT2D eigenvalue weighted by Crippen LogP contribution is 2.54. The molecule has 2 rings (SSSR count). The van der Waals surface area contributed by atoms with Crippen molar-refractivity contribution in [3.8, 4) is 5.75 Å². The monoisotopic (exact) mass is 204 g/mol. The lowest BCUT2D eigenvalue weighted by atomic mass is 10.3. The molecule has 0 fully saturated rings. The summed E-state index contributed by atoms with van der Waals surface area (Å²) in [6.07, 6.45) is 0. The van der Waals surface area contributed by atoms with Crippen LogP contribution in [0.15, 0.2) is 26.8 Å². The molecular weight excluding hydrogens is 200 g/mol. The van der Waals surface area contributed by atoms with Crippen LogP contribution in [0.5, 0.6) is 5.75 Å². The lowest BCUT2D eigenvalue weighted by Gasteiger charge is -1.96. The molecule has 0 bridgehead atoms. The van der Waals surface area contributed by atoms with E-state index in [1.54, 1.807) is 6.07 Å². The summed E-state index contributed by atoms with van der Waals surface area (Å²) in [6, 6.07) is 2.85. The van der Waals surface area contributed by atoms with E-state index in [0.717, 1.165) is 4.90 Å². The second kappa shape index (κ2) is 2.15. The third kappa shape index (κ3) is 1.08. The average molecular weight is 204 g/mol. The van der Waals surface area contributed by atoms with Gasteiger partial charge in [-0.15, -0.1) is 0 Å². The molecule has 1 aliphatic rings. The highest BCUT2D eigenvalue weighted by molar-refractivity contribution is 8.05. The molecule has 1 aromatic carbocycles. The zero-order chi connectivity index (χ0) is 8.93. The quantitative estimate of drug-likeness (QED) is 0.537. The van der Waals surface area contributed by atoms with Crippen LogP contribution >= 0.6 is 11.8 Å².